The summed E-state index contributed by atoms with van der Waals surface area (Å²) in [5.74, 6) is 0.427. The standard InChI is InChI=1S/C22H32OSi/c1-21(2,3)24(22(4,5)6,19-13-8-7-9-14-19)17-16-18-12-10-11-15-20(18)23/h7-15,23H,16-17H2,1-6H3. The molecule has 0 radical (unpaired) electrons. The molecule has 2 heteroatoms. The summed E-state index contributed by atoms with van der Waals surface area (Å²) >= 11 is 0. The van der Waals surface area contributed by atoms with Crippen LogP contribution in [0.15, 0.2) is 54.6 Å². The number of rotatable bonds is 4. The molecule has 0 aliphatic rings. The van der Waals surface area contributed by atoms with E-state index >= 15 is 0 Å². The maximum atomic E-state index is 10.2. The molecule has 24 heavy (non-hydrogen) atoms. The Morgan fingerprint density at radius 2 is 1.25 bits per heavy atom. The number of hydrogen-bond acceptors (Lipinski definition) is 1. The minimum Gasteiger partial charge on any atom is -0.508 e. The van der Waals surface area contributed by atoms with Gasteiger partial charge >= 0.3 is 0 Å². The fourth-order valence-corrected chi connectivity index (χ4v) is 11.8. The van der Waals surface area contributed by atoms with Gasteiger partial charge < -0.3 is 5.11 Å². The van der Waals surface area contributed by atoms with Gasteiger partial charge in [-0.25, -0.2) is 0 Å². The van der Waals surface area contributed by atoms with Crippen molar-refractivity contribution in [3.63, 3.8) is 0 Å². The van der Waals surface area contributed by atoms with Gasteiger partial charge in [-0.05, 0) is 34.2 Å². The molecule has 0 bridgehead atoms. The van der Waals surface area contributed by atoms with E-state index < -0.39 is 8.07 Å². The summed E-state index contributed by atoms with van der Waals surface area (Å²) in [7, 11) is -1.89. The summed E-state index contributed by atoms with van der Waals surface area (Å²) in [5.41, 5.74) is 1.07. The normalized spacial score (nSPS) is 13.1. The van der Waals surface area contributed by atoms with E-state index in [9.17, 15) is 5.11 Å². The molecule has 0 saturated heterocycles. The smallest absolute Gasteiger partial charge is 0.118 e. The van der Waals surface area contributed by atoms with Gasteiger partial charge in [0.2, 0.25) is 0 Å². The molecule has 0 aliphatic carbocycles. The molecular weight excluding hydrogens is 308 g/mol. The lowest BCUT2D eigenvalue weighted by Gasteiger charge is -2.53. The highest BCUT2D eigenvalue weighted by molar-refractivity contribution is 6.96. The highest BCUT2D eigenvalue weighted by Gasteiger charge is 2.53. The Hall–Kier alpha value is -1.54. The number of aromatic hydroxyl groups is 1. The number of para-hydroxylation sites is 1. The van der Waals surface area contributed by atoms with Gasteiger partial charge in [0.25, 0.3) is 0 Å². The van der Waals surface area contributed by atoms with Crippen molar-refractivity contribution in [2.24, 2.45) is 0 Å². The third-order valence-electron chi connectivity index (χ3n) is 5.59. The maximum Gasteiger partial charge on any atom is 0.118 e. The van der Waals surface area contributed by atoms with Crippen molar-refractivity contribution >= 4 is 13.3 Å². The molecule has 1 N–H and O–H groups in total. The van der Waals surface area contributed by atoms with E-state index in [2.05, 4.69) is 77.9 Å². The molecule has 0 aliphatic heterocycles. The third-order valence-corrected chi connectivity index (χ3v) is 13.0. The fraction of sp³-hybridized carbons (Fsp3) is 0.455. The molecule has 2 aromatic rings. The predicted octanol–water partition coefficient (Wildman–Crippen LogP) is 5.89. The molecule has 130 valence electrons. The minimum absolute atomic E-state index is 0.233. The van der Waals surface area contributed by atoms with Crippen LogP contribution >= 0.6 is 0 Å². The Bertz CT molecular complexity index is 648. The Morgan fingerprint density at radius 1 is 0.750 bits per heavy atom. The van der Waals surface area contributed by atoms with Crippen LogP contribution in [0.1, 0.15) is 47.1 Å². The maximum absolute atomic E-state index is 10.2. The second-order valence-corrected chi connectivity index (χ2v) is 14.8. The van der Waals surface area contributed by atoms with E-state index in [1.807, 2.05) is 12.1 Å². The molecule has 0 heterocycles. The van der Waals surface area contributed by atoms with Crippen LogP contribution in [0, 0.1) is 0 Å². The number of phenols is 1. The van der Waals surface area contributed by atoms with Crippen LogP contribution in [-0.4, -0.2) is 13.2 Å². The number of phenolic OH excluding ortho intramolecular Hbond substituents is 1. The van der Waals surface area contributed by atoms with Gasteiger partial charge in [-0.15, -0.1) is 0 Å². The fourth-order valence-electron chi connectivity index (χ4n) is 4.65. The molecule has 0 spiro atoms. The summed E-state index contributed by atoms with van der Waals surface area (Å²) < 4.78 is 0. The van der Waals surface area contributed by atoms with E-state index in [0.717, 1.165) is 18.0 Å². The van der Waals surface area contributed by atoms with Crippen molar-refractivity contribution in [3.8, 4) is 5.75 Å². The van der Waals surface area contributed by atoms with Gasteiger partial charge in [-0.3, -0.25) is 0 Å². The van der Waals surface area contributed by atoms with Gasteiger partial charge in [-0.2, -0.15) is 0 Å². The predicted molar refractivity (Wildman–Crippen MR) is 108 cm³/mol. The van der Waals surface area contributed by atoms with Gasteiger partial charge in [0.05, 0.1) is 8.07 Å². The first-order valence-corrected chi connectivity index (χ1v) is 11.1. The molecule has 0 aromatic heterocycles. The Kier molecular flexibility index (Phi) is 5.29. The van der Waals surface area contributed by atoms with E-state index in [-0.39, 0.29) is 10.1 Å². The number of hydrogen-bond donors (Lipinski definition) is 1. The van der Waals surface area contributed by atoms with Crippen molar-refractivity contribution in [1.29, 1.82) is 0 Å². The SMILES string of the molecule is CC(C)(C)[Si](CCc1ccccc1O)(c1ccccc1)C(C)(C)C. The summed E-state index contributed by atoms with van der Waals surface area (Å²) in [6, 6.07) is 20.0. The molecular formula is C22H32OSi. The van der Waals surface area contributed by atoms with E-state index in [1.54, 1.807) is 6.07 Å². The van der Waals surface area contributed by atoms with Crippen molar-refractivity contribution in [2.75, 3.05) is 0 Å². The van der Waals surface area contributed by atoms with Crippen LogP contribution in [0.2, 0.25) is 16.1 Å². The summed E-state index contributed by atoms with van der Waals surface area (Å²) in [6.07, 6.45) is 0.933. The molecule has 0 fully saturated rings. The topological polar surface area (TPSA) is 20.2 Å². The Labute approximate surface area is 148 Å². The van der Waals surface area contributed by atoms with Gasteiger partial charge in [0.15, 0.2) is 0 Å². The Balaban J connectivity index is 2.52. The highest BCUT2D eigenvalue weighted by atomic mass is 28.3. The zero-order chi connectivity index (χ0) is 18.0. The summed E-state index contributed by atoms with van der Waals surface area (Å²) in [6.45, 7) is 14.4. The monoisotopic (exact) mass is 340 g/mol. The lowest BCUT2D eigenvalue weighted by molar-refractivity contribution is 0.468. The summed E-state index contributed by atoms with van der Waals surface area (Å²) in [5, 5.41) is 12.2. The van der Waals surface area contributed by atoms with Crippen LogP contribution in [0.3, 0.4) is 0 Å². The molecule has 0 unspecified atom stereocenters. The van der Waals surface area contributed by atoms with Crippen molar-refractivity contribution < 1.29 is 5.11 Å². The molecule has 2 rings (SSSR count). The zero-order valence-corrected chi connectivity index (χ0v) is 17.1. The van der Waals surface area contributed by atoms with Crippen LogP contribution in [0.5, 0.6) is 5.75 Å². The van der Waals surface area contributed by atoms with Crippen LogP contribution in [-0.2, 0) is 6.42 Å². The first kappa shape index (κ1) is 18.8. The first-order valence-electron chi connectivity index (χ1n) is 8.92. The zero-order valence-electron chi connectivity index (χ0n) is 16.1. The number of benzene rings is 2. The van der Waals surface area contributed by atoms with Gasteiger partial charge in [0.1, 0.15) is 5.75 Å². The van der Waals surface area contributed by atoms with E-state index in [4.69, 9.17) is 0 Å². The van der Waals surface area contributed by atoms with Crippen molar-refractivity contribution in [1.82, 2.24) is 0 Å². The second kappa shape index (κ2) is 6.76. The van der Waals surface area contributed by atoms with Gasteiger partial charge in [-0.1, -0.05) is 95.3 Å². The quantitative estimate of drug-likeness (QED) is 0.688. The van der Waals surface area contributed by atoms with E-state index in [1.165, 1.54) is 5.19 Å². The third kappa shape index (κ3) is 3.44. The average molecular weight is 341 g/mol. The van der Waals surface area contributed by atoms with Gasteiger partial charge in [0, 0.05) is 0 Å². The largest absolute Gasteiger partial charge is 0.508 e. The molecule has 1 nitrogen and oxygen atoms in total. The first-order chi connectivity index (χ1) is 11.1. The van der Waals surface area contributed by atoms with Crippen molar-refractivity contribution in [2.45, 2.75) is 64.1 Å². The average Bonchev–Trinajstić information content (AvgIpc) is 2.48. The van der Waals surface area contributed by atoms with Crippen LogP contribution < -0.4 is 5.19 Å². The summed E-state index contributed by atoms with van der Waals surface area (Å²) in [4.78, 5) is 0. The lowest BCUT2D eigenvalue weighted by Crippen LogP contribution is -2.61. The highest BCUT2D eigenvalue weighted by Crippen LogP contribution is 2.53. The molecule has 0 amide bonds. The second-order valence-electron chi connectivity index (χ2n) is 8.90. The number of aryl methyl sites for hydroxylation is 1. The van der Waals surface area contributed by atoms with E-state index in [0.29, 0.717) is 5.75 Å². The van der Waals surface area contributed by atoms with Crippen LogP contribution in [0.25, 0.3) is 0 Å². The Morgan fingerprint density at radius 3 is 1.75 bits per heavy atom. The van der Waals surface area contributed by atoms with Crippen molar-refractivity contribution in [3.05, 3.63) is 60.2 Å². The van der Waals surface area contributed by atoms with Crippen LogP contribution in [0.4, 0.5) is 0 Å². The minimum atomic E-state index is -1.89. The molecule has 0 saturated carbocycles. The lowest BCUT2D eigenvalue weighted by atomic mass is 10.1. The molecule has 0 atom stereocenters. The molecule has 2 aromatic carbocycles.